The monoisotopic (exact) mass is 1020 g/mol. The lowest BCUT2D eigenvalue weighted by Crippen LogP contribution is -2.45. The molecule has 0 spiro atoms. The molecule has 0 bridgehead atoms. The molecule has 3 atom stereocenters. The summed E-state index contributed by atoms with van der Waals surface area (Å²) in [7, 11) is 1.26. The molecule has 0 aromatic carbocycles. The standard InChI is InChI=1S/C62H117N2O6P/c1-6-8-10-12-14-16-18-20-22-24-26-28-30-31-32-33-34-36-38-40-42-44-46-48-50-52-54-56-62(66)63-60(59-70-71(67,68)69-58-57-64(3,4)5)61(65)55-53-51-49-47-45-43-41-39-37-35-29-27-25-23-21-19-17-15-13-11-9-7-2/h8,10,14,16,20,22,26,28,53,55,60-61,65H,6-7,9,11-13,15,17-19,21,23-25,27,29-52,54,56-59H2,1-5H3,(H-,63,66,67,68)/b10-8-,16-14-,22-20-,28-26-,55-53+. The number of rotatable bonds is 55. The Morgan fingerprint density at radius 2 is 0.859 bits per heavy atom. The zero-order chi connectivity index (χ0) is 52.0. The number of phosphoric ester groups is 1. The molecule has 0 saturated carbocycles. The molecule has 1 amide bonds. The van der Waals surface area contributed by atoms with Crippen LogP contribution in [0.4, 0.5) is 0 Å². The van der Waals surface area contributed by atoms with Crippen LogP contribution in [0.2, 0.25) is 0 Å². The highest BCUT2D eigenvalue weighted by Crippen LogP contribution is 2.38. The van der Waals surface area contributed by atoms with Gasteiger partial charge in [-0.25, -0.2) is 0 Å². The second-order valence-electron chi connectivity index (χ2n) is 21.7. The summed E-state index contributed by atoms with van der Waals surface area (Å²) in [6.45, 7) is 4.57. The summed E-state index contributed by atoms with van der Waals surface area (Å²) < 4.78 is 23.4. The predicted octanol–water partition coefficient (Wildman–Crippen LogP) is 17.9. The Bertz CT molecular complexity index is 1340. The number of nitrogens with one attached hydrogen (secondary N) is 1. The van der Waals surface area contributed by atoms with Crippen molar-refractivity contribution in [1.29, 1.82) is 0 Å². The molecular weight excluding hydrogens is 900 g/mol. The number of unbranched alkanes of at least 4 members (excludes halogenated alkanes) is 34. The second kappa shape index (κ2) is 53.0. The minimum Gasteiger partial charge on any atom is -0.756 e. The van der Waals surface area contributed by atoms with Crippen LogP contribution in [-0.4, -0.2) is 68.5 Å². The lowest BCUT2D eigenvalue weighted by molar-refractivity contribution is -0.870. The Morgan fingerprint density at radius 3 is 1.25 bits per heavy atom. The van der Waals surface area contributed by atoms with E-state index in [2.05, 4.69) is 67.8 Å². The fourth-order valence-corrected chi connectivity index (χ4v) is 9.52. The highest BCUT2D eigenvalue weighted by atomic mass is 31.2. The summed E-state index contributed by atoms with van der Waals surface area (Å²) >= 11 is 0. The van der Waals surface area contributed by atoms with Gasteiger partial charge in [-0.2, -0.15) is 0 Å². The Morgan fingerprint density at radius 1 is 0.507 bits per heavy atom. The highest BCUT2D eigenvalue weighted by Gasteiger charge is 2.23. The number of carbonyl (C=O) groups excluding carboxylic acids is 1. The van der Waals surface area contributed by atoms with Gasteiger partial charge in [0.05, 0.1) is 39.9 Å². The van der Waals surface area contributed by atoms with Gasteiger partial charge in [0.2, 0.25) is 5.91 Å². The number of allylic oxidation sites excluding steroid dienone is 9. The van der Waals surface area contributed by atoms with Gasteiger partial charge in [0, 0.05) is 6.42 Å². The number of carbonyl (C=O) groups is 1. The minimum atomic E-state index is -4.60. The van der Waals surface area contributed by atoms with Crippen LogP contribution >= 0.6 is 7.82 Å². The Hall–Kier alpha value is -1.80. The van der Waals surface area contributed by atoms with Gasteiger partial charge >= 0.3 is 0 Å². The zero-order valence-electron chi connectivity index (χ0n) is 47.4. The van der Waals surface area contributed by atoms with E-state index in [1.807, 2.05) is 27.2 Å². The maximum Gasteiger partial charge on any atom is 0.268 e. The number of amides is 1. The fourth-order valence-electron chi connectivity index (χ4n) is 8.79. The highest BCUT2D eigenvalue weighted by molar-refractivity contribution is 7.45. The Balaban J connectivity index is 4.17. The third-order valence-corrected chi connectivity index (χ3v) is 14.4. The van der Waals surface area contributed by atoms with E-state index in [1.54, 1.807) is 6.08 Å². The molecule has 0 radical (unpaired) electrons. The van der Waals surface area contributed by atoms with Gasteiger partial charge < -0.3 is 28.8 Å². The minimum absolute atomic E-state index is 0.00178. The van der Waals surface area contributed by atoms with Crippen molar-refractivity contribution in [2.24, 2.45) is 0 Å². The summed E-state index contributed by atoms with van der Waals surface area (Å²) in [5.41, 5.74) is 0. The first-order valence-corrected chi connectivity index (χ1v) is 31.6. The van der Waals surface area contributed by atoms with Gasteiger partial charge in [-0.3, -0.25) is 9.36 Å². The normalized spacial score (nSPS) is 14.3. The third kappa shape index (κ3) is 55.8. The smallest absolute Gasteiger partial charge is 0.268 e. The van der Waals surface area contributed by atoms with E-state index in [1.165, 1.54) is 193 Å². The van der Waals surface area contributed by atoms with Gasteiger partial charge in [-0.15, -0.1) is 0 Å². The molecule has 8 nitrogen and oxygen atoms in total. The molecule has 71 heavy (non-hydrogen) atoms. The molecular formula is C62H117N2O6P. The van der Waals surface area contributed by atoms with Crippen molar-refractivity contribution in [2.45, 2.75) is 289 Å². The third-order valence-electron chi connectivity index (χ3n) is 13.5. The molecule has 0 heterocycles. The molecule has 0 aliphatic heterocycles. The van der Waals surface area contributed by atoms with Gasteiger partial charge in [-0.05, 0) is 57.8 Å². The molecule has 416 valence electrons. The number of likely N-dealkylation sites (N-methyl/N-ethyl adjacent to an activating group) is 1. The summed E-state index contributed by atoms with van der Waals surface area (Å²) in [6, 6.07) is -0.889. The largest absolute Gasteiger partial charge is 0.756 e. The molecule has 0 aliphatic rings. The zero-order valence-corrected chi connectivity index (χ0v) is 48.3. The van der Waals surface area contributed by atoms with Crippen molar-refractivity contribution < 1.29 is 32.9 Å². The van der Waals surface area contributed by atoms with Gasteiger partial charge in [0.15, 0.2) is 0 Å². The molecule has 2 N–H and O–H groups in total. The first-order chi connectivity index (χ1) is 34.5. The summed E-state index contributed by atoms with van der Waals surface area (Å²) in [5, 5.41) is 13.9. The number of hydrogen-bond acceptors (Lipinski definition) is 6. The number of nitrogens with zero attached hydrogens (tertiary/aromatic N) is 1. The molecule has 0 fully saturated rings. The van der Waals surface area contributed by atoms with E-state index in [0.29, 0.717) is 17.4 Å². The number of hydrogen-bond donors (Lipinski definition) is 2. The number of aliphatic hydroxyl groups is 1. The van der Waals surface area contributed by atoms with Crippen LogP contribution in [0.1, 0.15) is 277 Å². The van der Waals surface area contributed by atoms with Crippen LogP contribution in [0, 0.1) is 0 Å². The van der Waals surface area contributed by atoms with Crippen molar-refractivity contribution in [3.63, 3.8) is 0 Å². The van der Waals surface area contributed by atoms with Crippen molar-refractivity contribution in [2.75, 3.05) is 40.9 Å². The fraction of sp³-hybridized carbons (Fsp3) is 0.823. The first-order valence-electron chi connectivity index (χ1n) is 30.2. The Labute approximate surface area is 441 Å². The molecule has 3 unspecified atom stereocenters. The van der Waals surface area contributed by atoms with Gasteiger partial charge in [0.1, 0.15) is 13.2 Å². The molecule has 0 aromatic heterocycles. The SMILES string of the molecule is CC/C=C\C/C=C\C/C=C\C/C=C\CCCCCCCCCCCCCCCCC(=O)NC(COP(=O)([O-])OCC[N+](C)(C)C)C(O)/C=C/CCCCCCCCCCCCCCCCCCCCCC. The van der Waals surface area contributed by atoms with E-state index in [9.17, 15) is 19.4 Å². The van der Waals surface area contributed by atoms with E-state index in [0.717, 1.165) is 64.2 Å². The molecule has 9 heteroatoms. The lowest BCUT2D eigenvalue weighted by Gasteiger charge is -2.29. The molecule has 0 aromatic rings. The number of quaternary nitrogens is 1. The van der Waals surface area contributed by atoms with Crippen LogP contribution < -0.4 is 10.2 Å². The maximum atomic E-state index is 13.0. The van der Waals surface area contributed by atoms with Crippen LogP contribution in [-0.2, 0) is 18.4 Å². The topological polar surface area (TPSA) is 108 Å². The maximum absolute atomic E-state index is 13.0. The molecule has 0 saturated heterocycles. The summed E-state index contributed by atoms with van der Waals surface area (Å²) in [4.78, 5) is 25.5. The van der Waals surface area contributed by atoms with E-state index in [4.69, 9.17) is 9.05 Å². The van der Waals surface area contributed by atoms with Crippen molar-refractivity contribution in [3.8, 4) is 0 Å². The van der Waals surface area contributed by atoms with Crippen molar-refractivity contribution >= 4 is 13.7 Å². The van der Waals surface area contributed by atoms with Crippen LogP contribution in [0.5, 0.6) is 0 Å². The van der Waals surface area contributed by atoms with Crippen LogP contribution in [0.3, 0.4) is 0 Å². The predicted molar refractivity (Wildman–Crippen MR) is 307 cm³/mol. The van der Waals surface area contributed by atoms with E-state index in [-0.39, 0.29) is 19.1 Å². The van der Waals surface area contributed by atoms with Crippen molar-refractivity contribution in [3.05, 3.63) is 60.8 Å². The second-order valence-corrected chi connectivity index (χ2v) is 23.1. The van der Waals surface area contributed by atoms with Gasteiger partial charge in [0.25, 0.3) is 7.82 Å². The first kappa shape index (κ1) is 69.2. The average Bonchev–Trinajstić information content (AvgIpc) is 3.33. The Kier molecular flexibility index (Phi) is 51.7. The van der Waals surface area contributed by atoms with E-state index >= 15 is 0 Å². The van der Waals surface area contributed by atoms with Crippen LogP contribution in [0.25, 0.3) is 0 Å². The molecule has 0 rings (SSSR count). The quantitative estimate of drug-likeness (QED) is 0.0272. The van der Waals surface area contributed by atoms with Gasteiger partial charge in [-0.1, -0.05) is 274 Å². The lowest BCUT2D eigenvalue weighted by atomic mass is 10.0. The van der Waals surface area contributed by atoms with Crippen molar-refractivity contribution in [1.82, 2.24) is 5.32 Å². The average molecular weight is 1020 g/mol. The van der Waals surface area contributed by atoms with E-state index < -0.39 is 20.0 Å². The number of aliphatic hydroxyl groups excluding tert-OH is 1. The molecule has 0 aliphatic carbocycles. The number of phosphoric acid groups is 1. The van der Waals surface area contributed by atoms with Crippen LogP contribution in [0.15, 0.2) is 60.8 Å². The summed E-state index contributed by atoms with van der Waals surface area (Å²) in [5.74, 6) is -0.197. The summed E-state index contributed by atoms with van der Waals surface area (Å²) in [6.07, 6.45) is 71.5.